The van der Waals surface area contributed by atoms with E-state index in [9.17, 15) is 9.59 Å². The van der Waals surface area contributed by atoms with E-state index in [1.807, 2.05) is 13.1 Å². The summed E-state index contributed by atoms with van der Waals surface area (Å²) in [6.45, 7) is 2.28. The Morgan fingerprint density at radius 1 is 1.52 bits per heavy atom. The zero-order valence-electron chi connectivity index (χ0n) is 11.4. The van der Waals surface area contributed by atoms with Crippen molar-refractivity contribution in [1.29, 1.82) is 0 Å². The quantitative estimate of drug-likeness (QED) is 0.833. The van der Waals surface area contributed by atoms with Gasteiger partial charge in [-0.25, -0.2) is 4.79 Å². The first kappa shape index (κ1) is 13.3. The molecular formula is C13H14N4O4. The van der Waals surface area contributed by atoms with E-state index in [2.05, 4.69) is 15.6 Å². The summed E-state index contributed by atoms with van der Waals surface area (Å²) in [5.74, 6) is -1.09. The highest BCUT2D eigenvalue weighted by atomic mass is 16.5. The molecule has 0 spiro atoms. The number of hydrogen-bond acceptors (Lipinski definition) is 5. The smallest absolute Gasteiger partial charge is 0.329 e. The Morgan fingerprint density at radius 3 is 2.86 bits per heavy atom. The van der Waals surface area contributed by atoms with Gasteiger partial charge >= 0.3 is 5.97 Å². The van der Waals surface area contributed by atoms with E-state index in [1.165, 1.54) is 6.07 Å². The van der Waals surface area contributed by atoms with Crippen LogP contribution in [-0.2, 0) is 11.3 Å². The minimum atomic E-state index is -1.13. The van der Waals surface area contributed by atoms with Gasteiger partial charge in [-0.15, -0.1) is 0 Å². The molecule has 0 atom stereocenters. The van der Waals surface area contributed by atoms with Crippen molar-refractivity contribution in [2.45, 2.75) is 31.8 Å². The fourth-order valence-corrected chi connectivity index (χ4v) is 2.01. The van der Waals surface area contributed by atoms with Gasteiger partial charge in [-0.3, -0.25) is 9.48 Å². The fraction of sp³-hybridized carbons (Fsp3) is 0.385. The standard InChI is InChI=1S/C13H14N4O4/c1-8-5-14-17(6-8)7-9-4-10(16-21-9)11(18)15-13(2-3-13)12(19)20/h4-6H,2-3,7H2,1H3,(H,15,18)(H,19,20). The van der Waals surface area contributed by atoms with Gasteiger partial charge in [0, 0.05) is 12.3 Å². The lowest BCUT2D eigenvalue weighted by Crippen LogP contribution is -2.43. The SMILES string of the molecule is Cc1cnn(Cc2cc(C(=O)NC3(C(=O)O)CC3)no2)c1. The highest BCUT2D eigenvalue weighted by molar-refractivity contribution is 5.97. The van der Waals surface area contributed by atoms with E-state index < -0.39 is 17.4 Å². The number of nitrogens with one attached hydrogen (secondary N) is 1. The van der Waals surface area contributed by atoms with Crippen LogP contribution in [0.15, 0.2) is 23.0 Å². The van der Waals surface area contributed by atoms with Crippen LogP contribution < -0.4 is 5.32 Å². The number of carboxylic acids is 1. The molecule has 8 heteroatoms. The summed E-state index contributed by atoms with van der Waals surface area (Å²) >= 11 is 0. The van der Waals surface area contributed by atoms with Gasteiger partial charge in [-0.1, -0.05) is 5.16 Å². The van der Waals surface area contributed by atoms with Gasteiger partial charge in [0.2, 0.25) is 0 Å². The normalized spacial score (nSPS) is 15.7. The summed E-state index contributed by atoms with van der Waals surface area (Å²) in [5, 5.41) is 19.3. The van der Waals surface area contributed by atoms with Crippen LogP contribution in [0, 0.1) is 6.92 Å². The van der Waals surface area contributed by atoms with Crippen LogP contribution in [0.25, 0.3) is 0 Å². The molecule has 1 saturated carbocycles. The van der Waals surface area contributed by atoms with E-state index >= 15 is 0 Å². The molecule has 2 heterocycles. The molecule has 2 aromatic heterocycles. The van der Waals surface area contributed by atoms with Crippen molar-refractivity contribution in [1.82, 2.24) is 20.3 Å². The number of carbonyl (C=O) groups is 2. The highest BCUT2D eigenvalue weighted by Gasteiger charge is 2.52. The van der Waals surface area contributed by atoms with Crippen LogP contribution in [-0.4, -0.2) is 37.5 Å². The molecule has 0 unspecified atom stereocenters. The second kappa shape index (κ2) is 4.72. The lowest BCUT2D eigenvalue weighted by atomic mass is 10.2. The number of amides is 1. The van der Waals surface area contributed by atoms with E-state index in [4.69, 9.17) is 9.63 Å². The Bertz CT molecular complexity index is 699. The van der Waals surface area contributed by atoms with Crippen molar-refractivity contribution < 1.29 is 19.2 Å². The molecule has 3 rings (SSSR count). The number of nitrogens with zero attached hydrogens (tertiary/aromatic N) is 3. The third kappa shape index (κ3) is 2.64. The average molecular weight is 290 g/mol. The van der Waals surface area contributed by atoms with Crippen LogP contribution >= 0.6 is 0 Å². The van der Waals surface area contributed by atoms with Crippen molar-refractivity contribution in [3.8, 4) is 0 Å². The Labute approximate surface area is 119 Å². The Morgan fingerprint density at radius 2 is 2.29 bits per heavy atom. The predicted octanol–water partition coefficient (Wildman–Crippen LogP) is 0.575. The summed E-state index contributed by atoms with van der Waals surface area (Å²) in [5.41, 5.74) is -0.0408. The summed E-state index contributed by atoms with van der Waals surface area (Å²) in [4.78, 5) is 23.0. The first-order valence-corrected chi connectivity index (χ1v) is 6.49. The number of rotatable bonds is 5. The van der Waals surface area contributed by atoms with Crippen molar-refractivity contribution in [2.24, 2.45) is 0 Å². The summed E-state index contributed by atoms with van der Waals surface area (Å²) < 4.78 is 6.74. The van der Waals surface area contributed by atoms with Crippen molar-refractivity contribution in [3.63, 3.8) is 0 Å². The van der Waals surface area contributed by atoms with Crippen LogP contribution in [0.2, 0.25) is 0 Å². The number of aromatic nitrogens is 3. The molecule has 0 saturated heterocycles. The molecular weight excluding hydrogens is 276 g/mol. The summed E-state index contributed by atoms with van der Waals surface area (Å²) in [7, 11) is 0. The molecule has 1 fully saturated rings. The van der Waals surface area contributed by atoms with Crippen molar-refractivity contribution >= 4 is 11.9 Å². The number of aliphatic carboxylic acids is 1. The minimum Gasteiger partial charge on any atom is -0.480 e. The number of aryl methyl sites for hydroxylation is 1. The van der Waals surface area contributed by atoms with Gasteiger partial charge in [0.1, 0.15) is 12.1 Å². The molecule has 1 amide bonds. The van der Waals surface area contributed by atoms with Gasteiger partial charge in [-0.05, 0) is 25.3 Å². The first-order chi connectivity index (χ1) is 9.98. The second-order valence-corrected chi connectivity index (χ2v) is 5.24. The maximum absolute atomic E-state index is 12.0. The third-order valence-electron chi connectivity index (χ3n) is 3.38. The van der Waals surface area contributed by atoms with E-state index in [0.717, 1.165) is 5.56 Å². The second-order valence-electron chi connectivity index (χ2n) is 5.24. The van der Waals surface area contributed by atoms with Gasteiger partial charge < -0.3 is 14.9 Å². The topological polar surface area (TPSA) is 110 Å². The van der Waals surface area contributed by atoms with Crippen LogP contribution in [0.4, 0.5) is 0 Å². The third-order valence-corrected chi connectivity index (χ3v) is 3.38. The van der Waals surface area contributed by atoms with E-state index in [-0.39, 0.29) is 5.69 Å². The molecule has 0 aliphatic heterocycles. The zero-order valence-corrected chi connectivity index (χ0v) is 11.4. The molecule has 0 bridgehead atoms. The Balaban J connectivity index is 1.67. The van der Waals surface area contributed by atoms with E-state index in [1.54, 1.807) is 10.9 Å². The summed E-state index contributed by atoms with van der Waals surface area (Å²) in [6.07, 6.45) is 4.43. The monoisotopic (exact) mass is 290 g/mol. The van der Waals surface area contributed by atoms with Gasteiger partial charge in [0.05, 0.1) is 6.20 Å². The lowest BCUT2D eigenvalue weighted by molar-refractivity contribution is -0.140. The van der Waals surface area contributed by atoms with Crippen LogP contribution in [0.5, 0.6) is 0 Å². The molecule has 8 nitrogen and oxygen atoms in total. The zero-order chi connectivity index (χ0) is 15.0. The minimum absolute atomic E-state index is 0.0707. The summed E-state index contributed by atoms with van der Waals surface area (Å²) in [6, 6.07) is 1.49. The van der Waals surface area contributed by atoms with Gasteiger partial charge in [0.15, 0.2) is 11.5 Å². The molecule has 21 heavy (non-hydrogen) atoms. The fourth-order valence-electron chi connectivity index (χ4n) is 2.01. The number of carboxylic acid groups (broad SMARTS) is 1. The van der Waals surface area contributed by atoms with Crippen LogP contribution in [0.3, 0.4) is 0 Å². The van der Waals surface area contributed by atoms with Crippen LogP contribution in [0.1, 0.15) is 34.7 Å². The maximum Gasteiger partial charge on any atom is 0.329 e. The van der Waals surface area contributed by atoms with Crippen molar-refractivity contribution in [2.75, 3.05) is 0 Å². The van der Waals surface area contributed by atoms with Crippen molar-refractivity contribution in [3.05, 3.63) is 35.5 Å². The number of hydrogen-bond donors (Lipinski definition) is 2. The predicted molar refractivity (Wildman–Crippen MR) is 69.6 cm³/mol. The molecule has 2 aromatic rings. The first-order valence-electron chi connectivity index (χ1n) is 6.49. The molecule has 1 aliphatic rings. The largest absolute Gasteiger partial charge is 0.480 e. The maximum atomic E-state index is 12.0. The molecule has 1 aliphatic carbocycles. The molecule has 0 radical (unpaired) electrons. The lowest BCUT2D eigenvalue weighted by Gasteiger charge is -2.10. The van der Waals surface area contributed by atoms with Gasteiger partial charge in [-0.2, -0.15) is 5.10 Å². The molecule has 0 aromatic carbocycles. The highest BCUT2D eigenvalue weighted by Crippen LogP contribution is 2.35. The molecule has 110 valence electrons. The molecule has 2 N–H and O–H groups in total. The van der Waals surface area contributed by atoms with E-state index in [0.29, 0.717) is 25.1 Å². The van der Waals surface area contributed by atoms with Gasteiger partial charge in [0.25, 0.3) is 5.91 Å². The Hall–Kier alpha value is -2.64. The number of carbonyl (C=O) groups excluding carboxylic acids is 1. The Kier molecular flexibility index (Phi) is 3.00. The average Bonchev–Trinajstić information content (AvgIpc) is 2.88.